The minimum atomic E-state index is -0.426. The number of anilines is 1. The molecule has 0 unspecified atom stereocenters. The largest absolute Gasteiger partial charge is 0.456 e. The highest BCUT2D eigenvalue weighted by Crippen LogP contribution is 2.36. The zero-order chi connectivity index (χ0) is 20.9. The van der Waals surface area contributed by atoms with Crippen LogP contribution in [0.3, 0.4) is 0 Å². The molecule has 0 saturated carbocycles. The van der Waals surface area contributed by atoms with Crippen LogP contribution in [0.15, 0.2) is 36.5 Å². The Bertz CT molecular complexity index is 1120. The molecule has 0 spiro atoms. The molecule has 1 N–H and O–H groups in total. The molecule has 0 radical (unpaired) electrons. The molecular weight excluding hydrogens is 398 g/mol. The fraction of sp³-hybridized carbons (Fsp3) is 0.348. The van der Waals surface area contributed by atoms with Crippen molar-refractivity contribution in [3.8, 4) is 6.07 Å². The number of aromatic nitrogens is 1. The number of nitrogens with one attached hydrogen (secondary N) is 1. The van der Waals surface area contributed by atoms with Crippen molar-refractivity contribution in [3.05, 3.63) is 52.5 Å². The SMILES string of the molecule is N#Cc1c(NC(=O)COC(=O)CCn2ccc3ccccc32)sc2c1CCCCC2. The minimum Gasteiger partial charge on any atom is -0.456 e. The average molecular weight is 422 g/mol. The van der Waals surface area contributed by atoms with E-state index in [4.69, 9.17) is 4.74 Å². The molecule has 30 heavy (non-hydrogen) atoms. The summed E-state index contributed by atoms with van der Waals surface area (Å²) in [5.41, 5.74) is 2.70. The number of hydrogen-bond acceptors (Lipinski definition) is 5. The number of amides is 1. The number of esters is 1. The molecule has 6 nitrogen and oxygen atoms in total. The molecule has 1 aromatic carbocycles. The highest BCUT2D eigenvalue weighted by molar-refractivity contribution is 7.16. The van der Waals surface area contributed by atoms with Crippen LogP contribution < -0.4 is 5.32 Å². The molecule has 7 heteroatoms. The highest BCUT2D eigenvalue weighted by atomic mass is 32.1. The minimum absolute atomic E-state index is 0.183. The lowest BCUT2D eigenvalue weighted by molar-refractivity contribution is -0.147. The maximum atomic E-state index is 12.3. The van der Waals surface area contributed by atoms with Gasteiger partial charge in [-0.3, -0.25) is 9.59 Å². The van der Waals surface area contributed by atoms with E-state index in [1.807, 2.05) is 41.1 Å². The summed E-state index contributed by atoms with van der Waals surface area (Å²) in [7, 11) is 0. The second-order valence-corrected chi connectivity index (χ2v) is 8.51. The van der Waals surface area contributed by atoms with Gasteiger partial charge >= 0.3 is 5.97 Å². The van der Waals surface area contributed by atoms with E-state index in [2.05, 4.69) is 11.4 Å². The lowest BCUT2D eigenvalue weighted by atomic mass is 10.1. The number of fused-ring (bicyclic) bond motifs is 2. The van der Waals surface area contributed by atoms with E-state index in [1.165, 1.54) is 22.6 Å². The van der Waals surface area contributed by atoms with Gasteiger partial charge in [-0.1, -0.05) is 24.6 Å². The Morgan fingerprint density at radius 2 is 2.00 bits per heavy atom. The standard InChI is InChI=1S/C23H23N3O3S/c24-14-18-17-7-2-1-3-9-20(17)30-23(18)25-21(27)15-29-22(28)11-13-26-12-10-16-6-4-5-8-19(16)26/h4-6,8,10,12H,1-3,7,9,11,13,15H2,(H,25,27). The number of nitrogens with zero attached hydrogens (tertiary/aromatic N) is 2. The van der Waals surface area contributed by atoms with Gasteiger partial charge in [0, 0.05) is 23.1 Å². The fourth-order valence-electron chi connectivity index (χ4n) is 3.88. The number of aryl methyl sites for hydroxylation is 2. The van der Waals surface area contributed by atoms with Crippen LogP contribution in [-0.2, 0) is 33.7 Å². The molecule has 0 bridgehead atoms. The first kappa shape index (κ1) is 20.2. The molecule has 1 aliphatic carbocycles. The molecule has 0 saturated heterocycles. The summed E-state index contributed by atoms with van der Waals surface area (Å²) in [6, 6.07) is 12.2. The third-order valence-corrected chi connectivity index (χ3v) is 6.59. The van der Waals surface area contributed by atoms with Gasteiger partial charge < -0.3 is 14.6 Å². The van der Waals surface area contributed by atoms with Crippen molar-refractivity contribution in [2.75, 3.05) is 11.9 Å². The van der Waals surface area contributed by atoms with Crippen LogP contribution >= 0.6 is 11.3 Å². The molecule has 3 aromatic rings. The average Bonchev–Trinajstić information content (AvgIpc) is 3.23. The third kappa shape index (κ3) is 4.39. The van der Waals surface area contributed by atoms with E-state index in [1.54, 1.807) is 0 Å². The summed E-state index contributed by atoms with van der Waals surface area (Å²) in [5, 5.41) is 14.0. The number of para-hydroxylation sites is 1. The molecule has 154 valence electrons. The van der Waals surface area contributed by atoms with E-state index >= 15 is 0 Å². The summed E-state index contributed by atoms with van der Waals surface area (Å²) < 4.78 is 7.13. The van der Waals surface area contributed by atoms with E-state index in [0.717, 1.165) is 42.1 Å². The van der Waals surface area contributed by atoms with Crippen LogP contribution in [-0.4, -0.2) is 23.1 Å². The first-order valence-electron chi connectivity index (χ1n) is 10.2. The topological polar surface area (TPSA) is 84.1 Å². The maximum Gasteiger partial charge on any atom is 0.308 e. The highest BCUT2D eigenvalue weighted by Gasteiger charge is 2.21. The summed E-state index contributed by atoms with van der Waals surface area (Å²) in [6.45, 7) is 0.142. The Labute approximate surface area is 179 Å². The van der Waals surface area contributed by atoms with Gasteiger partial charge in [0.05, 0.1) is 12.0 Å². The maximum absolute atomic E-state index is 12.3. The van der Waals surface area contributed by atoms with Crippen molar-refractivity contribution >= 4 is 39.1 Å². The Kier molecular flexibility index (Phi) is 6.15. The number of thiophene rings is 1. The molecule has 0 atom stereocenters. The van der Waals surface area contributed by atoms with E-state index in [-0.39, 0.29) is 13.0 Å². The molecular formula is C23H23N3O3S. The number of benzene rings is 1. The van der Waals surface area contributed by atoms with Gasteiger partial charge in [-0.05, 0) is 48.8 Å². The van der Waals surface area contributed by atoms with Crippen molar-refractivity contribution in [2.24, 2.45) is 0 Å². The van der Waals surface area contributed by atoms with Gasteiger partial charge in [-0.15, -0.1) is 11.3 Å². The van der Waals surface area contributed by atoms with Crippen molar-refractivity contribution in [3.63, 3.8) is 0 Å². The Morgan fingerprint density at radius 3 is 2.87 bits per heavy atom. The Hall–Kier alpha value is -3.11. The molecule has 2 heterocycles. The van der Waals surface area contributed by atoms with Gasteiger partial charge in [0.25, 0.3) is 5.91 Å². The lowest BCUT2D eigenvalue weighted by Crippen LogP contribution is -2.21. The normalized spacial score (nSPS) is 13.3. The van der Waals surface area contributed by atoms with Crippen LogP contribution in [0.2, 0.25) is 0 Å². The van der Waals surface area contributed by atoms with Gasteiger partial charge in [-0.25, -0.2) is 0 Å². The molecule has 1 amide bonds. The Morgan fingerprint density at radius 1 is 1.17 bits per heavy atom. The van der Waals surface area contributed by atoms with Crippen molar-refractivity contribution in [1.82, 2.24) is 4.57 Å². The van der Waals surface area contributed by atoms with Crippen LogP contribution in [0.1, 0.15) is 41.7 Å². The second-order valence-electron chi connectivity index (χ2n) is 7.41. The monoisotopic (exact) mass is 421 g/mol. The number of rotatable bonds is 6. The predicted molar refractivity (Wildman–Crippen MR) is 116 cm³/mol. The van der Waals surface area contributed by atoms with Crippen molar-refractivity contribution in [1.29, 1.82) is 5.26 Å². The number of nitriles is 1. The number of ether oxygens (including phenoxy) is 1. The smallest absolute Gasteiger partial charge is 0.308 e. The van der Waals surface area contributed by atoms with Crippen molar-refractivity contribution < 1.29 is 14.3 Å². The van der Waals surface area contributed by atoms with Crippen LogP contribution in [0.25, 0.3) is 10.9 Å². The Balaban J connectivity index is 1.30. The first-order valence-corrected chi connectivity index (χ1v) is 11.0. The number of hydrogen-bond donors (Lipinski definition) is 1. The van der Waals surface area contributed by atoms with Gasteiger partial charge in [0.1, 0.15) is 11.1 Å². The molecule has 2 aromatic heterocycles. The van der Waals surface area contributed by atoms with Crippen molar-refractivity contribution in [2.45, 2.75) is 45.1 Å². The van der Waals surface area contributed by atoms with Gasteiger partial charge in [0.15, 0.2) is 6.61 Å². The first-order chi connectivity index (χ1) is 14.7. The molecule has 0 aliphatic heterocycles. The van der Waals surface area contributed by atoms with E-state index in [9.17, 15) is 14.9 Å². The molecule has 0 fully saturated rings. The van der Waals surface area contributed by atoms with E-state index < -0.39 is 11.9 Å². The summed E-state index contributed by atoms with van der Waals surface area (Å²) >= 11 is 1.47. The lowest BCUT2D eigenvalue weighted by Gasteiger charge is -2.07. The fourth-order valence-corrected chi connectivity index (χ4v) is 5.13. The zero-order valence-corrected chi connectivity index (χ0v) is 17.5. The van der Waals surface area contributed by atoms with Crippen LogP contribution in [0.4, 0.5) is 5.00 Å². The van der Waals surface area contributed by atoms with Gasteiger partial charge in [-0.2, -0.15) is 5.26 Å². The van der Waals surface area contributed by atoms with Gasteiger partial charge in [0.2, 0.25) is 0 Å². The zero-order valence-electron chi connectivity index (χ0n) is 16.6. The van der Waals surface area contributed by atoms with E-state index in [0.29, 0.717) is 17.1 Å². The summed E-state index contributed by atoms with van der Waals surface area (Å²) in [6.07, 6.45) is 7.31. The van der Waals surface area contributed by atoms with Crippen LogP contribution in [0, 0.1) is 11.3 Å². The van der Waals surface area contributed by atoms with Crippen LogP contribution in [0.5, 0.6) is 0 Å². The summed E-state index contributed by atoms with van der Waals surface area (Å²) in [4.78, 5) is 25.6. The summed E-state index contributed by atoms with van der Waals surface area (Å²) in [5.74, 6) is -0.840. The predicted octanol–water partition coefficient (Wildman–Crippen LogP) is 4.42. The number of carbonyl (C=O) groups is 2. The third-order valence-electron chi connectivity index (χ3n) is 5.39. The number of carbonyl (C=O) groups excluding carboxylic acids is 2. The quantitative estimate of drug-likeness (QED) is 0.472. The molecule has 1 aliphatic rings. The molecule has 4 rings (SSSR count). The second kappa shape index (κ2) is 9.14.